The lowest BCUT2D eigenvalue weighted by atomic mass is 9.94. The molecule has 1 unspecified atom stereocenters. The van der Waals surface area contributed by atoms with E-state index in [1.807, 2.05) is 42.2 Å². The normalized spacial score (nSPS) is 14.6. The first kappa shape index (κ1) is 25.6. The van der Waals surface area contributed by atoms with Crippen LogP contribution in [0.2, 0.25) is 0 Å². The molecule has 0 saturated carbocycles. The summed E-state index contributed by atoms with van der Waals surface area (Å²) in [4.78, 5) is 27.3. The fourth-order valence-corrected chi connectivity index (χ4v) is 4.88. The van der Waals surface area contributed by atoms with Crippen LogP contribution in [0.4, 0.5) is 5.82 Å². The molecule has 0 N–H and O–H groups in total. The Bertz CT molecular complexity index is 1140. The second kappa shape index (κ2) is 12.0. The molecule has 2 aromatic carbocycles. The van der Waals surface area contributed by atoms with Crippen LogP contribution in [-0.2, 0) is 22.6 Å². The van der Waals surface area contributed by atoms with E-state index in [0.29, 0.717) is 26.1 Å². The number of amides is 1. The van der Waals surface area contributed by atoms with Gasteiger partial charge in [-0.3, -0.25) is 4.79 Å². The molecule has 7 heteroatoms. The topological polar surface area (TPSA) is 67.8 Å². The van der Waals surface area contributed by atoms with Crippen molar-refractivity contribution < 1.29 is 14.3 Å². The molecule has 190 valence electrons. The minimum absolute atomic E-state index is 0.0991. The van der Waals surface area contributed by atoms with Crippen LogP contribution in [0.25, 0.3) is 0 Å². The summed E-state index contributed by atoms with van der Waals surface area (Å²) in [6, 6.07) is 18.2. The van der Waals surface area contributed by atoms with Gasteiger partial charge < -0.3 is 19.3 Å². The van der Waals surface area contributed by atoms with Crippen molar-refractivity contribution >= 4 is 11.7 Å². The first-order valence-corrected chi connectivity index (χ1v) is 12.6. The van der Waals surface area contributed by atoms with Crippen molar-refractivity contribution in [3.8, 4) is 5.75 Å². The second-order valence-electron chi connectivity index (χ2n) is 9.16. The van der Waals surface area contributed by atoms with Crippen LogP contribution in [0.3, 0.4) is 0 Å². The number of carbonyl (C=O) groups excluding carboxylic acids is 1. The Morgan fingerprint density at radius 3 is 2.28 bits per heavy atom. The van der Waals surface area contributed by atoms with E-state index >= 15 is 0 Å². The zero-order valence-corrected chi connectivity index (χ0v) is 21.7. The number of benzene rings is 2. The van der Waals surface area contributed by atoms with Gasteiger partial charge in [0.2, 0.25) is 5.91 Å². The van der Waals surface area contributed by atoms with Gasteiger partial charge in [0.15, 0.2) is 0 Å². The van der Waals surface area contributed by atoms with Crippen LogP contribution in [0, 0.1) is 6.92 Å². The maximum absolute atomic E-state index is 13.4. The van der Waals surface area contributed by atoms with Gasteiger partial charge in [-0.2, -0.15) is 0 Å². The molecule has 7 nitrogen and oxygen atoms in total. The summed E-state index contributed by atoms with van der Waals surface area (Å²) >= 11 is 0. The number of hydrogen-bond donors (Lipinski definition) is 0. The van der Waals surface area contributed by atoms with Crippen LogP contribution in [0.15, 0.2) is 54.6 Å². The molecule has 36 heavy (non-hydrogen) atoms. The molecule has 1 aromatic heterocycles. The lowest BCUT2D eigenvalue weighted by molar-refractivity contribution is -0.133. The minimum Gasteiger partial charge on any atom is -0.497 e. The fourth-order valence-electron chi connectivity index (χ4n) is 4.88. The maximum atomic E-state index is 13.4. The Morgan fingerprint density at radius 1 is 0.972 bits per heavy atom. The molecule has 0 aliphatic carbocycles. The predicted molar refractivity (Wildman–Crippen MR) is 142 cm³/mol. The van der Waals surface area contributed by atoms with Crippen molar-refractivity contribution in [2.45, 2.75) is 39.2 Å². The lowest BCUT2D eigenvalue weighted by Gasteiger charge is -2.38. The monoisotopic (exact) mass is 488 g/mol. The number of ether oxygens (including phenoxy) is 2. The lowest BCUT2D eigenvalue weighted by Crippen LogP contribution is -2.50. The molecule has 0 spiro atoms. The van der Waals surface area contributed by atoms with Crippen LogP contribution in [0.1, 0.15) is 47.5 Å². The zero-order chi connectivity index (χ0) is 25.5. The van der Waals surface area contributed by atoms with Crippen molar-refractivity contribution in [1.82, 2.24) is 14.9 Å². The first-order valence-electron chi connectivity index (χ1n) is 12.6. The molecule has 4 rings (SSSR count). The zero-order valence-electron chi connectivity index (χ0n) is 21.7. The Morgan fingerprint density at radius 2 is 1.67 bits per heavy atom. The third-order valence-electron chi connectivity index (χ3n) is 6.80. The molecule has 1 aliphatic heterocycles. The van der Waals surface area contributed by atoms with E-state index in [1.54, 1.807) is 14.2 Å². The smallest absolute Gasteiger partial charge is 0.230 e. The number of piperazine rings is 1. The van der Waals surface area contributed by atoms with E-state index in [1.165, 1.54) is 0 Å². The van der Waals surface area contributed by atoms with E-state index in [-0.39, 0.29) is 11.8 Å². The van der Waals surface area contributed by atoms with Gasteiger partial charge in [-0.25, -0.2) is 9.97 Å². The highest BCUT2D eigenvalue weighted by atomic mass is 16.5. The third kappa shape index (κ3) is 5.85. The number of aromatic nitrogens is 2. The number of carbonyl (C=O) groups is 1. The number of hydrogen-bond acceptors (Lipinski definition) is 6. The van der Waals surface area contributed by atoms with Crippen molar-refractivity contribution in [1.29, 1.82) is 0 Å². The fraction of sp³-hybridized carbons (Fsp3) is 0.414. The van der Waals surface area contributed by atoms with E-state index in [2.05, 4.69) is 36.1 Å². The predicted octanol–water partition coefficient (Wildman–Crippen LogP) is 4.37. The van der Waals surface area contributed by atoms with Gasteiger partial charge in [0.25, 0.3) is 0 Å². The quantitative estimate of drug-likeness (QED) is 0.446. The third-order valence-corrected chi connectivity index (χ3v) is 6.80. The number of rotatable bonds is 9. The molecule has 3 aromatic rings. The Hall–Kier alpha value is -3.45. The number of methoxy groups -OCH3 is 2. The van der Waals surface area contributed by atoms with Crippen LogP contribution >= 0.6 is 0 Å². The summed E-state index contributed by atoms with van der Waals surface area (Å²) in [7, 11) is 3.36. The molecule has 1 amide bonds. The van der Waals surface area contributed by atoms with E-state index in [4.69, 9.17) is 19.4 Å². The maximum Gasteiger partial charge on any atom is 0.230 e. The van der Waals surface area contributed by atoms with Gasteiger partial charge in [0.05, 0.1) is 25.3 Å². The Balaban J connectivity index is 1.54. The molecule has 1 aliphatic rings. The molecular weight excluding hydrogens is 452 g/mol. The highest BCUT2D eigenvalue weighted by Crippen LogP contribution is 2.28. The van der Waals surface area contributed by atoms with Crippen LogP contribution in [-0.4, -0.2) is 61.2 Å². The number of nitrogens with zero attached hydrogens (tertiary/aromatic N) is 4. The summed E-state index contributed by atoms with van der Waals surface area (Å²) in [6.45, 7) is 7.24. The van der Waals surface area contributed by atoms with Gasteiger partial charge in [0, 0.05) is 45.3 Å². The molecule has 1 atom stereocenters. The van der Waals surface area contributed by atoms with Gasteiger partial charge >= 0.3 is 0 Å². The first-order chi connectivity index (χ1) is 17.5. The highest BCUT2D eigenvalue weighted by molar-refractivity contribution is 5.84. The van der Waals surface area contributed by atoms with Crippen molar-refractivity contribution in [3.63, 3.8) is 0 Å². The van der Waals surface area contributed by atoms with Crippen molar-refractivity contribution in [2.75, 3.05) is 45.3 Å². The van der Waals surface area contributed by atoms with E-state index in [0.717, 1.165) is 59.3 Å². The van der Waals surface area contributed by atoms with Crippen LogP contribution in [0.5, 0.6) is 5.75 Å². The minimum atomic E-state index is -0.0991. The SMILES string of the molecule is CCC(C(=O)N1CCN(c2nc(C)nc(COC)c2Cc2ccc(OC)cc2)CC1)c1ccccc1. The van der Waals surface area contributed by atoms with Gasteiger partial charge in [-0.05, 0) is 36.6 Å². The summed E-state index contributed by atoms with van der Waals surface area (Å²) in [6.07, 6.45) is 1.49. The molecule has 0 radical (unpaired) electrons. The number of anilines is 1. The van der Waals surface area contributed by atoms with Crippen molar-refractivity contribution in [3.05, 3.63) is 82.8 Å². The van der Waals surface area contributed by atoms with Crippen LogP contribution < -0.4 is 9.64 Å². The van der Waals surface area contributed by atoms with Gasteiger partial charge in [-0.1, -0.05) is 49.4 Å². The summed E-state index contributed by atoms with van der Waals surface area (Å²) in [5, 5.41) is 0. The van der Waals surface area contributed by atoms with Gasteiger partial charge in [-0.15, -0.1) is 0 Å². The Kier molecular flexibility index (Phi) is 8.54. The molecule has 2 heterocycles. The molecule has 1 fully saturated rings. The average molecular weight is 489 g/mol. The highest BCUT2D eigenvalue weighted by Gasteiger charge is 2.29. The summed E-state index contributed by atoms with van der Waals surface area (Å²) in [5.41, 5.74) is 4.22. The van der Waals surface area contributed by atoms with Crippen molar-refractivity contribution in [2.24, 2.45) is 0 Å². The van der Waals surface area contributed by atoms with E-state index < -0.39 is 0 Å². The Labute approximate surface area is 214 Å². The molecule has 1 saturated heterocycles. The number of aryl methyl sites for hydroxylation is 1. The molecule has 0 bridgehead atoms. The summed E-state index contributed by atoms with van der Waals surface area (Å²) < 4.78 is 10.8. The summed E-state index contributed by atoms with van der Waals surface area (Å²) in [5.74, 6) is 2.60. The largest absolute Gasteiger partial charge is 0.497 e. The van der Waals surface area contributed by atoms with Gasteiger partial charge in [0.1, 0.15) is 17.4 Å². The average Bonchev–Trinajstić information content (AvgIpc) is 2.91. The molecular formula is C29H36N4O3. The van der Waals surface area contributed by atoms with E-state index in [9.17, 15) is 4.79 Å². The standard InChI is InChI=1S/C29H36N4O3/c1-5-25(23-9-7-6-8-10-23)29(34)33-17-15-32(16-18-33)28-26(27(20-35-3)30-21(2)31-28)19-22-11-13-24(36-4)14-12-22/h6-14,25H,5,15-20H2,1-4H3. The second-order valence-corrected chi connectivity index (χ2v) is 9.16.